The molecule has 0 heterocycles. The van der Waals surface area contributed by atoms with Crippen molar-refractivity contribution in [3.8, 4) is 0 Å². The van der Waals surface area contributed by atoms with Gasteiger partial charge in [-0.25, -0.2) is 0 Å². The maximum atomic E-state index is 4.23. The van der Waals surface area contributed by atoms with Crippen LogP contribution >= 0.6 is 0 Å². The van der Waals surface area contributed by atoms with Crippen molar-refractivity contribution in [3.05, 3.63) is 12.2 Å². The first kappa shape index (κ1) is 13.0. The van der Waals surface area contributed by atoms with Crippen LogP contribution in [0.4, 0.5) is 0 Å². The smallest absolute Gasteiger partial charge is 0.0727 e. The first-order valence-corrected chi connectivity index (χ1v) is 4.26. The van der Waals surface area contributed by atoms with Crippen LogP contribution in [0.3, 0.4) is 0 Å². The van der Waals surface area contributed by atoms with Crippen LogP contribution < -0.4 is 0 Å². The van der Waals surface area contributed by atoms with Gasteiger partial charge in [-0.2, -0.15) is 0 Å². The Bertz CT molecular complexity index is 107. The van der Waals surface area contributed by atoms with E-state index in [1.807, 2.05) is 40.0 Å². The van der Waals surface area contributed by atoms with Gasteiger partial charge in [0.1, 0.15) is 0 Å². The molecule has 0 bridgehead atoms. The molecule has 0 saturated carbocycles. The van der Waals surface area contributed by atoms with E-state index < -0.39 is 0 Å². The molecule has 0 aromatic heterocycles. The Morgan fingerprint density at radius 2 is 1.55 bits per heavy atom. The first-order valence-electron chi connectivity index (χ1n) is 4.26. The third-order valence-electron chi connectivity index (χ3n) is 1.04. The normalized spacial score (nSPS) is 11.8. The molecule has 0 radical (unpaired) electrons. The van der Waals surface area contributed by atoms with Crippen LogP contribution in [0.15, 0.2) is 17.1 Å². The Hall–Kier alpha value is -0.590. The molecule has 0 saturated heterocycles. The van der Waals surface area contributed by atoms with Gasteiger partial charge in [0.2, 0.25) is 0 Å². The van der Waals surface area contributed by atoms with Gasteiger partial charge in [0.15, 0.2) is 0 Å². The lowest BCUT2D eigenvalue weighted by atomic mass is 10.1. The molecule has 0 fully saturated rings. The number of hydrogen-bond donors (Lipinski definition) is 0. The Kier molecular flexibility index (Phi) is 8.91. The molecular weight excluding hydrogens is 134 g/mol. The van der Waals surface area contributed by atoms with E-state index in [1.165, 1.54) is 0 Å². The molecule has 0 amide bonds. The van der Waals surface area contributed by atoms with Gasteiger partial charge in [0, 0.05) is 0 Å². The summed E-state index contributed by atoms with van der Waals surface area (Å²) in [4.78, 5) is 4.23. The van der Waals surface area contributed by atoms with E-state index in [0.29, 0.717) is 0 Å². The standard InChI is InChI=1S/C8H15N.C2H6/c1-5-7-8(3,4)9-6-2;1-2/h5-7H,1-4H3;1-2H3/b7-5-,9-6?;. The molecule has 0 aliphatic rings. The monoisotopic (exact) mass is 155 g/mol. The van der Waals surface area contributed by atoms with Gasteiger partial charge in [0.05, 0.1) is 5.54 Å². The molecule has 0 aromatic rings. The van der Waals surface area contributed by atoms with E-state index in [9.17, 15) is 0 Å². The van der Waals surface area contributed by atoms with Crippen molar-refractivity contribution in [1.82, 2.24) is 0 Å². The second kappa shape index (κ2) is 7.52. The van der Waals surface area contributed by atoms with Crippen LogP contribution in [0, 0.1) is 0 Å². The van der Waals surface area contributed by atoms with Gasteiger partial charge in [-0.1, -0.05) is 26.0 Å². The van der Waals surface area contributed by atoms with Crippen molar-refractivity contribution in [2.24, 2.45) is 4.99 Å². The fourth-order valence-electron chi connectivity index (χ4n) is 0.784. The molecule has 11 heavy (non-hydrogen) atoms. The van der Waals surface area contributed by atoms with Crippen LogP contribution in [-0.2, 0) is 0 Å². The van der Waals surface area contributed by atoms with Gasteiger partial charge in [-0.3, -0.25) is 4.99 Å². The molecule has 0 atom stereocenters. The lowest BCUT2D eigenvalue weighted by Crippen LogP contribution is -2.11. The Labute approximate surface area is 71.2 Å². The van der Waals surface area contributed by atoms with Gasteiger partial charge < -0.3 is 0 Å². The van der Waals surface area contributed by atoms with Crippen LogP contribution in [0.5, 0.6) is 0 Å². The van der Waals surface area contributed by atoms with E-state index in [-0.39, 0.29) is 5.54 Å². The van der Waals surface area contributed by atoms with Gasteiger partial charge >= 0.3 is 0 Å². The van der Waals surface area contributed by atoms with Crippen molar-refractivity contribution < 1.29 is 0 Å². The lowest BCUT2D eigenvalue weighted by Gasteiger charge is -2.12. The van der Waals surface area contributed by atoms with Gasteiger partial charge in [-0.15, -0.1) is 0 Å². The van der Waals surface area contributed by atoms with Crippen molar-refractivity contribution in [2.75, 3.05) is 0 Å². The Morgan fingerprint density at radius 3 is 1.82 bits per heavy atom. The Balaban J connectivity index is 0. The van der Waals surface area contributed by atoms with E-state index in [1.54, 1.807) is 0 Å². The van der Waals surface area contributed by atoms with Crippen LogP contribution in [0.1, 0.15) is 41.5 Å². The lowest BCUT2D eigenvalue weighted by molar-refractivity contribution is 0.659. The average molecular weight is 155 g/mol. The third-order valence-corrected chi connectivity index (χ3v) is 1.04. The fraction of sp³-hybridized carbons (Fsp3) is 0.700. The number of rotatable bonds is 2. The molecule has 0 spiro atoms. The van der Waals surface area contributed by atoms with Gasteiger partial charge in [0.25, 0.3) is 0 Å². The van der Waals surface area contributed by atoms with E-state index in [0.717, 1.165) is 0 Å². The molecule has 0 rings (SSSR count). The Morgan fingerprint density at radius 1 is 1.09 bits per heavy atom. The molecule has 0 aromatic carbocycles. The average Bonchev–Trinajstić information content (AvgIpc) is 1.91. The minimum Gasteiger partial charge on any atom is -0.288 e. The number of allylic oxidation sites excluding steroid dienone is 1. The number of aliphatic imine (C=N–C) groups is 1. The summed E-state index contributed by atoms with van der Waals surface area (Å²) in [6, 6.07) is 0. The van der Waals surface area contributed by atoms with Crippen LogP contribution in [-0.4, -0.2) is 11.8 Å². The summed E-state index contributed by atoms with van der Waals surface area (Å²) in [7, 11) is 0. The predicted octanol–water partition coefficient (Wildman–Crippen LogP) is 3.46. The van der Waals surface area contributed by atoms with Crippen LogP contribution in [0.2, 0.25) is 0 Å². The molecule has 1 nitrogen and oxygen atoms in total. The van der Waals surface area contributed by atoms with Crippen molar-refractivity contribution in [1.29, 1.82) is 0 Å². The topological polar surface area (TPSA) is 12.4 Å². The minimum absolute atomic E-state index is 0.0104. The SMILES string of the molecule is CC.CC=NC(C)(C)/C=C\C. The molecule has 0 unspecified atom stereocenters. The van der Waals surface area contributed by atoms with Crippen molar-refractivity contribution >= 4 is 6.21 Å². The molecule has 66 valence electrons. The quantitative estimate of drug-likeness (QED) is 0.428. The zero-order valence-corrected chi connectivity index (χ0v) is 8.68. The van der Waals surface area contributed by atoms with E-state index >= 15 is 0 Å². The second-order valence-corrected chi connectivity index (χ2v) is 2.54. The summed E-state index contributed by atoms with van der Waals surface area (Å²) >= 11 is 0. The summed E-state index contributed by atoms with van der Waals surface area (Å²) in [6.45, 7) is 12.1. The predicted molar refractivity (Wildman–Crippen MR) is 54.4 cm³/mol. The van der Waals surface area contributed by atoms with Gasteiger partial charge in [-0.05, 0) is 33.9 Å². The summed E-state index contributed by atoms with van der Waals surface area (Å²) in [5, 5.41) is 0. The molecular formula is C10H21N. The number of hydrogen-bond acceptors (Lipinski definition) is 1. The highest BCUT2D eigenvalue weighted by Gasteiger charge is 2.07. The second-order valence-electron chi connectivity index (χ2n) is 2.54. The zero-order chi connectivity index (χ0) is 9.33. The van der Waals surface area contributed by atoms with Crippen LogP contribution in [0.25, 0.3) is 0 Å². The summed E-state index contributed by atoms with van der Waals surface area (Å²) < 4.78 is 0. The highest BCUT2D eigenvalue weighted by Crippen LogP contribution is 2.08. The number of nitrogens with zero attached hydrogens (tertiary/aromatic N) is 1. The molecule has 1 heteroatoms. The third kappa shape index (κ3) is 9.41. The maximum Gasteiger partial charge on any atom is 0.0727 e. The summed E-state index contributed by atoms with van der Waals surface area (Å²) in [5.74, 6) is 0. The highest BCUT2D eigenvalue weighted by atomic mass is 14.8. The largest absolute Gasteiger partial charge is 0.288 e. The molecule has 0 aliphatic heterocycles. The fourth-order valence-corrected chi connectivity index (χ4v) is 0.784. The van der Waals surface area contributed by atoms with E-state index in [2.05, 4.69) is 24.9 Å². The summed E-state index contributed by atoms with van der Waals surface area (Å²) in [5.41, 5.74) is -0.0104. The van der Waals surface area contributed by atoms with Crippen molar-refractivity contribution in [3.63, 3.8) is 0 Å². The molecule has 0 N–H and O–H groups in total. The maximum absolute atomic E-state index is 4.23. The van der Waals surface area contributed by atoms with E-state index in [4.69, 9.17) is 0 Å². The van der Waals surface area contributed by atoms with Crippen molar-refractivity contribution in [2.45, 2.75) is 47.1 Å². The molecule has 0 aliphatic carbocycles. The zero-order valence-electron chi connectivity index (χ0n) is 8.68. The minimum atomic E-state index is -0.0104. The first-order chi connectivity index (χ1) is 5.12. The summed E-state index contributed by atoms with van der Waals surface area (Å²) in [6.07, 6.45) is 5.93. The highest BCUT2D eigenvalue weighted by molar-refractivity contribution is 5.54.